The maximum atomic E-state index is 12.1. The highest BCUT2D eigenvalue weighted by molar-refractivity contribution is 8.13. The molecule has 1 amide bonds. The van der Waals surface area contributed by atoms with E-state index in [4.69, 9.17) is 15.4 Å². The van der Waals surface area contributed by atoms with E-state index in [0.29, 0.717) is 5.56 Å². The van der Waals surface area contributed by atoms with E-state index in [1.165, 1.54) is 13.2 Å². The summed E-state index contributed by atoms with van der Waals surface area (Å²) in [5.41, 5.74) is 0.688. The second-order valence-electron chi connectivity index (χ2n) is 4.68. The summed E-state index contributed by atoms with van der Waals surface area (Å²) >= 11 is 0. The predicted octanol–water partition coefficient (Wildman–Crippen LogP) is 2.68. The molecular formula is C14H20ClNO4S. The number of rotatable bonds is 7. The molecule has 0 aliphatic heterocycles. The van der Waals surface area contributed by atoms with E-state index in [0.717, 1.165) is 12.8 Å². The predicted molar refractivity (Wildman–Crippen MR) is 82.0 cm³/mol. The highest BCUT2D eigenvalue weighted by Crippen LogP contribution is 2.22. The lowest BCUT2D eigenvalue weighted by Gasteiger charge is -2.15. The molecule has 0 aliphatic carbocycles. The molecule has 0 bridgehead atoms. The molecule has 0 aliphatic rings. The van der Waals surface area contributed by atoms with Crippen LogP contribution in [0, 0.1) is 0 Å². The largest absolute Gasteiger partial charge is 0.380 e. The fourth-order valence-corrected chi connectivity index (χ4v) is 3.10. The molecular weight excluding hydrogens is 314 g/mol. The van der Waals surface area contributed by atoms with Crippen LogP contribution in [0.2, 0.25) is 0 Å². The average Bonchev–Trinajstić information content (AvgIpc) is 2.44. The van der Waals surface area contributed by atoms with Crippen LogP contribution < -0.4 is 5.32 Å². The van der Waals surface area contributed by atoms with Gasteiger partial charge in [0.15, 0.2) is 0 Å². The maximum Gasteiger partial charge on any atom is 0.261 e. The van der Waals surface area contributed by atoms with Gasteiger partial charge in [0, 0.05) is 29.4 Å². The summed E-state index contributed by atoms with van der Waals surface area (Å²) in [6.07, 6.45) is 1.62. The number of hydrogen-bond donors (Lipinski definition) is 1. The Hall–Kier alpha value is -1.11. The van der Waals surface area contributed by atoms with E-state index >= 15 is 0 Å². The van der Waals surface area contributed by atoms with Crippen molar-refractivity contribution in [2.24, 2.45) is 0 Å². The number of hydrogen-bond acceptors (Lipinski definition) is 4. The molecule has 7 heteroatoms. The number of ether oxygens (including phenoxy) is 1. The Kier molecular flexibility index (Phi) is 6.64. The summed E-state index contributed by atoms with van der Waals surface area (Å²) in [5, 5.41) is 2.85. The third kappa shape index (κ3) is 4.98. The number of carbonyl (C=O) groups excluding carboxylic acids is 1. The number of benzene rings is 1. The Morgan fingerprint density at radius 2 is 1.95 bits per heavy atom. The van der Waals surface area contributed by atoms with Gasteiger partial charge in [0.25, 0.3) is 15.0 Å². The third-order valence-electron chi connectivity index (χ3n) is 3.21. The van der Waals surface area contributed by atoms with Crippen LogP contribution in [0.5, 0.6) is 0 Å². The van der Waals surface area contributed by atoms with E-state index < -0.39 is 9.05 Å². The normalized spacial score (nSPS) is 11.7. The number of carbonyl (C=O) groups is 1. The zero-order chi connectivity index (χ0) is 16.0. The van der Waals surface area contributed by atoms with Gasteiger partial charge in [0.2, 0.25) is 0 Å². The lowest BCUT2D eigenvalue weighted by molar-refractivity contribution is 0.0934. The SMILES string of the molecule is CCC(CC)NC(=O)c1ccc(COC)c(S(=O)(=O)Cl)c1. The first-order chi connectivity index (χ1) is 9.83. The lowest BCUT2D eigenvalue weighted by atomic mass is 10.1. The molecule has 0 fully saturated rings. The summed E-state index contributed by atoms with van der Waals surface area (Å²) in [7, 11) is 2.94. The lowest BCUT2D eigenvalue weighted by Crippen LogP contribution is -2.33. The van der Waals surface area contributed by atoms with Crippen LogP contribution in [0.4, 0.5) is 0 Å². The molecule has 0 unspecified atom stereocenters. The molecule has 0 aromatic heterocycles. The maximum absolute atomic E-state index is 12.1. The van der Waals surface area contributed by atoms with Crippen molar-refractivity contribution in [2.75, 3.05) is 7.11 Å². The van der Waals surface area contributed by atoms with Crippen LogP contribution >= 0.6 is 10.7 Å². The molecule has 21 heavy (non-hydrogen) atoms. The van der Waals surface area contributed by atoms with Crippen LogP contribution in [-0.4, -0.2) is 27.5 Å². The molecule has 0 saturated heterocycles. The van der Waals surface area contributed by atoms with Crippen molar-refractivity contribution >= 4 is 25.6 Å². The van der Waals surface area contributed by atoms with Gasteiger partial charge in [-0.1, -0.05) is 19.9 Å². The summed E-state index contributed by atoms with van der Waals surface area (Å²) < 4.78 is 28.2. The van der Waals surface area contributed by atoms with Gasteiger partial charge in [0.1, 0.15) is 0 Å². The first-order valence-corrected chi connectivity index (χ1v) is 9.01. The van der Waals surface area contributed by atoms with Gasteiger partial charge in [-0.05, 0) is 30.5 Å². The molecule has 0 spiro atoms. The Morgan fingerprint density at radius 3 is 2.43 bits per heavy atom. The van der Waals surface area contributed by atoms with Gasteiger partial charge in [0.05, 0.1) is 11.5 Å². The van der Waals surface area contributed by atoms with Crippen molar-refractivity contribution in [3.63, 3.8) is 0 Å². The molecule has 0 heterocycles. The average molecular weight is 334 g/mol. The Bertz CT molecular complexity index is 597. The van der Waals surface area contributed by atoms with Gasteiger partial charge >= 0.3 is 0 Å². The molecule has 1 rings (SSSR count). The Labute approximate surface area is 130 Å². The fraction of sp³-hybridized carbons (Fsp3) is 0.500. The topological polar surface area (TPSA) is 72.5 Å². The monoisotopic (exact) mass is 333 g/mol. The summed E-state index contributed by atoms with van der Waals surface area (Å²) in [6.45, 7) is 4.06. The standard InChI is InChI=1S/C14H20ClNO4S/c1-4-12(5-2)16-14(17)10-6-7-11(9-20-3)13(8-10)21(15,18)19/h6-8,12H,4-5,9H2,1-3H3,(H,16,17). The highest BCUT2D eigenvalue weighted by atomic mass is 35.7. The number of nitrogens with one attached hydrogen (secondary N) is 1. The van der Waals surface area contributed by atoms with E-state index in [1.807, 2.05) is 13.8 Å². The third-order valence-corrected chi connectivity index (χ3v) is 4.62. The quantitative estimate of drug-likeness (QED) is 0.779. The Morgan fingerprint density at radius 1 is 1.33 bits per heavy atom. The minimum atomic E-state index is -3.94. The van der Waals surface area contributed by atoms with Crippen molar-refractivity contribution in [3.8, 4) is 0 Å². The molecule has 1 aromatic rings. The molecule has 0 atom stereocenters. The van der Waals surface area contributed by atoms with Gasteiger partial charge < -0.3 is 10.1 Å². The van der Waals surface area contributed by atoms with Crippen LogP contribution in [0.1, 0.15) is 42.6 Å². The van der Waals surface area contributed by atoms with Gasteiger partial charge in [-0.2, -0.15) is 0 Å². The molecule has 0 saturated carbocycles. The van der Waals surface area contributed by atoms with Gasteiger partial charge in [-0.3, -0.25) is 4.79 Å². The van der Waals surface area contributed by atoms with E-state index in [1.54, 1.807) is 12.1 Å². The minimum Gasteiger partial charge on any atom is -0.380 e. The number of methoxy groups -OCH3 is 1. The van der Waals surface area contributed by atoms with Gasteiger partial charge in [-0.25, -0.2) is 8.42 Å². The zero-order valence-corrected chi connectivity index (χ0v) is 13.9. The molecule has 1 aromatic carbocycles. The smallest absolute Gasteiger partial charge is 0.261 e. The van der Waals surface area contributed by atoms with Crippen molar-refractivity contribution in [2.45, 2.75) is 44.2 Å². The Balaban J connectivity index is 3.13. The van der Waals surface area contributed by atoms with Crippen LogP contribution in [-0.2, 0) is 20.4 Å². The van der Waals surface area contributed by atoms with Crippen molar-refractivity contribution in [1.82, 2.24) is 5.32 Å². The van der Waals surface area contributed by atoms with Crippen LogP contribution in [0.15, 0.2) is 23.1 Å². The number of amides is 1. The summed E-state index contributed by atoms with van der Waals surface area (Å²) in [4.78, 5) is 12.0. The highest BCUT2D eigenvalue weighted by Gasteiger charge is 2.19. The van der Waals surface area contributed by atoms with Gasteiger partial charge in [-0.15, -0.1) is 0 Å². The minimum absolute atomic E-state index is 0.0622. The first-order valence-electron chi connectivity index (χ1n) is 6.70. The fourth-order valence-electron chi connectivity index (χ4n) is 1.96. The second-order valence-corrected chi connectivity index (χ2v) is 7.21. The molecule has 0 radical (unpaired) electrons. The van der Waals surface area contributed by atoms with E-state index in [2.05, 4.69) is 5.32 Å². The van der Waals surface area contributed by atoms with Crippen molar-refractivity contribution in [1.29, 1.82) is 0 Å². The number of halogens is 1. The summed E-state index contributed by atoms with van der Waals surface area (Å²) in [6, 6.07) is 4.46. The molecule has 118 valence electrons. The van der Waals surface area contributed by atoms with E-state index in [9.17, 15) is 13.2 Å². The van der Waals surface area contributed by atoms with Crippen LogP contribution in [0.25, 0.3) is 0 Å². The van der Waals surface area contributed by atoms with E-state index in [-0.39, 0.29) is 29.0 Å². The zero-order valence-electron chi connectivity index (χ0n) is 12.3. The first kappa shape index (κ1) is 17.9. The van der Waals surface area contributed by atoms with Crippen LogP contribution in [0.3, 0.4) is 0 Å². The molecule has 1 N–H and O–H groups in total. The van der Waals surface area contributed by atoms with Crippen molar-refractivity contribution < 1.29 is 17.9 Å². The molecule has 5 nitrogen and oxygen atoms in total. The second kappa shape index (κ2) is 7.77. The van der Waals surface area contributed by atoms with Crippen molar-refractivity contribution in [3.05, 3.63) is 29.3 Å². The summed E-state index contributed by atoms with van der Waals surface area (Å²) in [5.74, 6) is -0.311.